The van der Waals surface area contributed by atoms with Crippen LogP contribution in [0.15, 0.2) is 18.3 Å². The van der Waals surface area contributed by atoms with Crippen molar-refractivity contribution in [1.29, 1.82) is 0 Å². The van der Waals surface area contributed by atoms with E-state index in [4.69, 9.17) is 21.1 Å². The van der Waals surface area contributed by atoms with E-state index in [0.29, 0.717) is 0 Å². The Labute approximate surface area is 135 Å². The van der Waals surface area contributed by atoms with Gasteiger partial charge in [-0.3, -0.25) is 0 Å². The summed E-state index contributed by atoms with van der Waals surface area (Å²) in [5.41, 5.74) is -1.44. The third-order valence-electron chi connectivity index (χ3n) is 2.13. The van der Waals surface area contributed by atoms with Crippen LogP contribution in [0, 0.1) is 0 Å². The van der Waals surface area contributed by atoms with Crippen LogP contribution in [0.2, 0.25) is 5.15 Å². The molecule has 1 aromatic rings. The number of ether oxygens (including phenoxy) is 2. The topological polar surface area (TPSA) is 68.7 Å². The molecule has 0 fully saturated rings. The summed E-state index contributed by atoms with van der Waals surface area (Å²) in [6.45, 7) is 10.2. The molecule has 1 aromatic heterocycles. The summed E-state index contributed by atoms with van der Waals surface area (Å²) in [5, 5.41) is -0.000724. The van der Waals surface area contributed by atoms with E-state index in [1.54, 1.807) is 47.6 Å². The minimum atomic E-state index is -0.878. The Morgan fingerprint density at radius 3 is 1.86 bits per heavy atom. The van der Waals surface area contributed by atoms with E-state index in [0.717, 1.165) is 4.90 Å². The lowest BCUT2D eigenvalue weighted by molar-refractivity contribution is 0.0430. The normalized spacial score (nSPS) is 11.8. The molecule has 0 aromatic carbocycles. The molecule has 0 N–H and O–H groups in total. The molecule has 22 heavy (non-hydrogen) atoms. The van der Waals surface area contributed by atoms with Crippen molar-refractivity contribution in [3.63, 3.8) is 0 Å². The summed E-state index contributed by atoms with van der Waals surface area (Å²) in [6, 6.07) is 3.05. The Morgan fingerprint density at radius 1 is 1.05 bits per heavy atom. The van der Waals surface area contributed by atoms with E-state index in [-0.39, 0.29) is 10.8 Å². The van der Waals surface area contributed by atoms with Crippen molar-refractivity contribution in [3.05, 3.63) is 23.5 Å². The van der Waals surface area contributed by atoms with Crippen molar-refractivity contribution in [2.24, 2.45) is 0 Å². The van der Waals surface area contributed by atoms with E-state index in [9.17, 15) is 9.59 Å². The lowest BCUT2D eigenvalue weighted by Gasteiger charge is -2.28. The summed E-state index contributed by atoms with van der Waals surface area (Å²) < 4.78 is 10.5. The number of nitrogens with zero attached hydrogens (tertiary/aromatic N) is 2. The van der Waals surface area contributed by atoms with Crippen LogP contribution >= 0.6 is 11.6 Å². The standard InChI is InChI=1S/C15H21ClN2O4/c1-14(2,3)21-12(19)18(13(20)22-15(4,5)6)10-8-7-9-17-11(10)16/h7-9H,1-6H3. The maximum absolute atomic E-state index is 12.4. The van der Waals surface area contributed by atoms with Crippen LogP contribution in [0.5, 0.6) is 0 Å². The number of carbonyl (C=O) groups is 2. The van der Waals surface area contributed by atoms with Gasteiger partial charge in [-0.2, -0.15) is 4.90 Å². The maximum atomic E-state index is 12.4. The van der Waals surface area contributed by atoms with Crippen molar-refractivity contribution >= 4 is 29.5 Å². The molecule has 122 valence electrons. The second-order valence-corrected chi connectivity index (χ2v) is 6.97. The molecule has 0 saturated heterocycles. The number of imide groups is 1. The van der Waals surface area contributed by atoms with E-state index in [2.05, 4.69) is 4.98 Å². The highest BCUT2D eigenvalue weighted by Gasteiger charge is 2.33. The molecule has 0 aliphatic carbocycles. The number of hydrogen-bond acceptors (Lipinski definition) is 5. The molecule has 7 heteroatoms. The molecule has 0 spiro atoms. The number of halogens is 1. The SMILES string of the molecule is CC(C)(C)OC(=O)N(C(=O)OC(C)(C)C)c1cccnc1Cl. The first-order chi connectivity index (χ1) is 9.91. The van der Waals surface area contributed by atoms with Gasteiger partial charge in [0.15, 0.2) is 5.15 Å². The molecule has 2 amide bonds. The van der Waals surface area contributed by atoms with E-state index < -0.39 is 23.4 Å². The lowest BCUT2D eigenvalue weighted by Crippen LogP contribution is -2.44. The molecule has 0 saturated carbocycles. The first kappa shape index (κ1) is 18.2. The minimum absolute atomic E-state index is 0.000724. The van der Waals surface area contributed by atoms with Gasteiger partial charge >= 0.3 is 12.2 Å². The molecule has 0 bridgehead atoms. The molecule has 1 rings (SSSR count). The van der Waals surface area contributed by atoms with Gasteiger partial charge in [0, 0.05) is 6.20 Å². The highest BCUT2D eigenvalue weighted by Crippen LogP contribution is 2.26. The van der Waals surface area contributed by atoms with Gasteiger partial charge in [-0.25, -0.2) is 14.6 Å². The molecular formula is C15H21ClN2O4. The average molecular weight is 329 g/mol. The number of aromatic nitrogens is 1. The predicted molar refractivity (Wildman–Crippen MR) is 84.2 cm³/mol. The molecule has 0 unspecified atom stereocenters. The van der Waals surface area contributed by atoms with Crippen LogP contribution < -0.4 is 4.90 Å². The van der Waals surface area contributed by atoms with Crippen LogP contribution in [-0.2, 0) is 9.47 Å². The number of pyridine rings is 1. The molecule has 0 radical (unpaired) electrons. The van der Waals surface area contributed by atoms with Crippen LogP contribution in [0.4, 0.5) is 15.3 Å². The monoisotopic (exact) mass is 328 g/mol. The zero-order chi connectivity index (χ0) is 17.1. The summed E-state index contributed by atoms with van der Waals surface area (Å²) in [6.07, 6.45) is -0.304. The van der Waals surface area contributed by atoms with Crippen LogP contribution in [0.25, 0.3) is 0 Å². The highest BCUT2D eigenvalue weighted by molar-refractivity contribution is 6.33. The molecule has 6 nitrogen and oxygen atoms in total. The van der Waals surface area contributed by atoms with Crippen molar-refractivity contribution in [2.45, 2.75) is 52.7 Å². The summed E-state index contributed by atoms with van der Waals surface area (Å²) in [4.78, 5) is 29.3. The molecule has 0 atom stereocenters. The molecular weight excluding hydrogens is 308 g/mol. The second-order valence-electron chi connectivity index (χ2n) is 6.61. The van der Waals surface area contributed by atoms with Crippen molar-refractivity contribution in [2.75, 3.05) is 4.90 Å². The van der Waals surface area contributed by atoms with Gasteiger partial charge in [-0.15, -0.1) is 0 Å². The van der Waals surface area contributed by atoms with Crippen molar-refractivity contribution in [1.82, 2.24) is 4.98 Å². The van der Waals surface area contributed by atoms with Gasteiger partial charge in [-0.1, -0.05) is 11.6 Å². The molecule has 1 heterocycles. The zero-order valence-electron chi connectivity index (χ0n) is 13.6. The molecule has 0 aliphatic rings. The van der Waals surface area contributed by atoms with Crippen LogP contribution in [-0.4, -0.2) is 28.4 Å². The van der Waals surface area contributed by atoms with Crippen LogP contribution in [0.1, 0.15) is 41.5 Å². The van der Waals surface area contributed by atoms with Gasteiger partial charge in [0.05, 0.1) is 5.69 Å². The van der Waals surface area contributed by atoms with Gasteiger partial charge in [0.2, 0.25) is 0 Å². The summed E-state index contributed by atoms with van der Waals surface area (Å²) in [7, 11) is 0. The van der Waals surface area contributed by atoms with E-state index >= 15 is 0 Å². The van der Waals surface area contributed by atoms with Gasteiger partial charge in [0.1, 0.15) is 11.2 Å². The second kappa shape index (κ2) is 6.52. The van der Waals surface area contributed by atoms with Gasteiger partial charge in [0.25, 0.3) is 0 Å². The Hall–Kier alpha value is -1.82. The summed E-state index contributed by atoms with van der Waals surface area (Å²) in [5.74, 6) is 0. The quantitative estimate of drug-likeness (QED) is 0.714. The van der Waals surface area contributed by atoms with Gasteiger partial charge in [-0.05, 0) is 53.7 Å². The third kappa shape index (κ3) is 5.52. The molecule has 0 aliphatic heterocycles. The number of amides is 2. The smallest absolute Gasteiger partial charge is 0.424 e. The lowest BCUT2D eigenvalue weighted by atomic mass is 10.2. The van der Waals surface area contributed by atoms with Gasteiger partial charge < -0.3 is 9.47 Å². The largest absolute Gasteiger partial charge is 0.443 e. The Bertz CT molecular complexity index is 533. The first-order valence-corrected chi connectivity index (χ1v) is 7.15. The maximum Gasteiger partial charge on any atom is 0.424 e. The predicted octanol–water partition coefficient (Wildman–Crippen LogP) is 4.41. The zero-order valence-corrected chi connectivity index (χ0v) is 14.4. The number of hydrogen-bond donors (Lipinski definition) is 0. The fourth-order valence-corrected chi connectivity index (χ4v) is 1.63. The summed E-state index contributed by atoms with van der Waals surface area (Å²) >= 11 is 5.98. The number of rotatable bonds is 1. The average Bonchev–Trinajstić information content (AvgIpc) is 2.27. The fraction of sp³-hybridized carbons (Fsp3) is 0.533. The van der Waals surface area contributed by atoms with E-state index in [1.807, 2.05) is 0 Å². The van der Waals surface area contributed by atoms with E-state index in [1.165, 1.54) is 12.3 Å². The van der Waals surface area contributed by atoms with Crippen molar-refractivity contribution < 1.29 is 19.1 Å². The number of anilines is 1. The Morgan fingerprint density at radius 2 is 1.50 bits per heavy atom. The highest BCUT2D eigenvalue weighted by atomic mass is 35.5. The Balaban J connectivity index is 3.19. The Kier molecular flexibility index (Phi) is 5.40. The fourth-order valence-electron chi connectivity index (χ4n) is 1.43. The van der Waals surface area contributed by atoms with Crippen molar-refractivity contribution in [3.8, 4) is 0 Å². The first-order valence-electron chi connectivity index (χ1n) is 6.77. The minimum Gasteiger partial charge on any atom is -0.443 e. The van der Waals surface area contributed by atoms with Crippen LogP contribution in [0.3, 0.4) is 0 Å². The number of carbonyl (C=O) groups excluding carboxylic acids is 2. The third-order valence-corrected chi connectivity index (χ3v) is 2.42.